The number of nitrogens with zero attached hydrogens (tertiary/aromatic N) is 4. The number of hydrogen-bond acceptors (Lipinski definition) is 7. The molecule has 1 aliphatic rings. The van der Waals surface area contributed by atoms with E-state index in [9.17, 15) is 8.42 Å². The molecule has 4 heterocycles. The highest BCUT2D eigenvalue weighted by atomic mass is 35.5. The summed E-state index contributed by atoms with van der Waals surface area (Å²) >= 11 is 12.4. The molecule has 0 amide bonds. The van der Waals surface area contributed by atoms with Gasteiger partial charge in [-0.2, -0.15) is 5.10 Å². The number of nitrogens with one attached hydrogen (secondary N) is 1. The first kappa shape index (κ1) is 24.9. The zero-order valence-electron chi connectivity index (χ0n) is 19.4. The van der Waals surface area contributed by atoms with Gasteiger partial charge in [0.2, 0.25) is 10.0 Å². The first-order valence-electron chi connectivity index (χ1n) is 11.3. The van der Waals surface area contributed by atoms with Crippen LogP contribution in [0.3, 0.4) is 0 Å². The van der Waals surface area contributed by atoms with Crippen molar-refractivity contribution in [1.82, 2.24) is 24.5 Å². The molecule has 0 spiro atoms. The van der Waals surface area contributed by atoms with Gasteiger partial charge in [0, 0.05) is 59.8 Å². The van der Waals surface area contributed by atoms with Crippen LogP contribution in [0.25, 0.3) is 22.2 Å². The number of benzene rings is 1. The van der Waals surface area contributed by atoms with E-state index < -0.39 is 16.3 Å². The van der Waals surface area contributed by atoms with E-state index >= 15 is 0 Å². The van der Waals surface area contributed by atoms with E-state index in [1.807, 2.05) is 24.3 Å². The summed E-state index contributed by atoms with van der Waals surface area (Å²) in [5.41, 5.74) is 10.1. The first-order chi connectivity index (χ1) is 17.2. The van der Waals surface area contributed by atoms with Crippen LogP contribution in [0.5, 0.6) is 5.75 Å². The molecule has 1 fully saturated rings. The van der Waals surface area contributed by atoms with E-state index in [0.717, 1.165) is 40.7 Å². The van der Waals surface area contributed by atoms with Crippen LogP contribution in [0.2, 0.25) is 10.0 Å². The molecule has 1 aliphatic heterocycles. The van der Waals surface area contributed by atoms with Crippen molar-refractivity contribution < 1.29 is 13.2 Å². The summed E-state index contributed by atoms with van der Waals surface area (Å²) < 4.78 is 31.0. The van der Waals surface area contributed by atoms with Crippen molar-refractivity contribution in [2.24, 2.45) is 5.73 Å². The van der Waals surface area contributed by atoms with Crippen molar-refractivity contribution in [3.8, 4) is 17.0 Å². The fourth-order valence-electron chi connectivity index (χ4n) is 4.46. The van der Waals surface area contributed by atoms with Crippen molar-refractivity contribution in [2.45, 2.75) is 25.0 Å². The quantitative estimate of drug-likeness (QED) is 0.340. The van der Waals surface area contributed by atoms with Crippen LogP contribution < -0.4 is 10.5 Å². The lowest BCUT2D eigenvalue weighted by molar-refractivity contribution is 0.214. The molecule has 0 aliphatic carbocycles. The summed E-state index contributed by atoms with van der Waals surface area (Å²) in [7, 11) is -3.15. The van der Waals surface area contributed by atoms with E-state index in [4.69, 9.17) is 33.7 Å². The second-order valence-corrected chi connectivity index (χ2v) is 11.5. The predicted octanol–water partition coefficient (Wildman–Crippen LogP) is 4.50. The summed E-state index contributed by atoms with van der Waals surface area (Å²) in [5.74, 6) is 0.755. The molecule has 0 radical (unpaired) electrons. The third kappa shape index (κ3) is 5.05. The number of sulfonamides is 1. The molecule has 188 valence electrons. The predicted molar refractivity (Wildman–Crippen MR) is 140 cm³/mol. The third-order valence-electron chi connectivity index (χ3n) is 6.37. The van der Waals surface area contributed by atoms with Gasteiger partial charge in [-0.05, 0) is 43.2 Å². The molecule has 4 aromatic rings. The van der Waals surface area contributed by atoms with Crippen LogP contribution >= 0.6 is 23.2 Å². The number of halogens is 2. The number of ether oxygens (including phenoxy) is 1. The molecule has 3 aromatic heterocycles. The smallest absolute Gasteiger partial charge is 0.211 e. The molecule has 5 rings (SSSR count). The van der Waals surface area contributed by atoms with Crippen LogP contribution in [0.15, 0.2) is 48.9 Å². The molecule has 0 unspecified atom stereocenters. The Morgan fingerprint density at radius 2 is 1.83 bits per heavy atom. The zero-order valence-corrected chi connectivity index (χ0v) is 21.7. The Morgan fingerprint density at radius 1 is 1.11 bits per heavy atom. The summed E-state index contributed by atoms with van der Waals surface area (Å²) in [5, 5.41) is 9.02. The lowest BCUT2D eigenvalue weighted by atomic mass is 9.93. The van der Waals surface area contributed by atoms with Gasteiger partial charge in [-0.15, -0.1) is 0 Å². The maximum absolute atomic E-state index is 11.8. The number of nitrogens with two attached hydrogens (primary N) is 1. The first-order valence-corrected chi connectivity index (χ1v) is 13.9. The van der Waals surface area contributed by atoms with Gasteiger partial charge in [0.05, 0.1) is 21.8 Å². The van der Waals surface area contributed by atoms with Gasteiger partial charge in [0.15, 0.2) is 6.23 Å². The number of rotatable bonds is 6. The number of aromatic amines is 1. The van der Waals surface area contributed by atoms with E-state index in [-0.39, 0.29) is 5.92 Å². The van der Waals surface area contributed by atoms with E-state index in [0.29, 0.717) is 34.4 Å². The fraction of sp³-hybridized carbons (Fsp3) is 0.292. The van der Waals surface area contributed by atoms with Crippen LogP contribution in [0.4, 0.5) is 0 Å². The fourth-order valence-corrected chi connectivity index (χ4v) is 5.91. The van der Waals surface area contributed by atoms with E-state index in [2.05, 4.69) is 20.2 Å². The van der Waals surface area contributed by atoms with Gasteiger partial charge in [0.1, 0.15) is 11.4 Å². The van der Waals surface area contributed by atoms with Crippen molar-refractivity contribution >= 4 is 44.1 Å². The van der Waals surface area contributed by atoms with Gasteiger partial charge in [-0.3, -0.25) is 20.8 Å². The summed E-state index contributed by atoms with van der Waals surface area (Å²) in [6.45, 7) is 1.02. The maximum atomic E-state index is 11.8. The minimum absolute atomic E-state index is 0.223. The molecule has 0 bridgehead atoms. The Hall–Kier alpha value is -2.76. The standard InChI is InChI=1S/C24H24Cl2N6O3S/c1-36(33,34)32-8-6-14(7-9-32)20-4-2-15(11-29-20)23-17-10-16(3-5-21(17)30-31-23)35-24(27)22-18(25)12-28-13-19(22)26/h2-5,10-14,24H,6-9,27H2,1H3,(H,30,31)/t24-/m0/s1. The number of aromatic nitrogens is 4. The minimum atomic E-state index is -3.15. The van der Waals surface area contributed by atoms with Crippen molar-refractivity contribution in [1.29, 1.82) is 0 Å². The summed E-state index contributed by atoms with van der Waals surface area (Å²) in [6, 6.07) is 9.47. The second-order valence-electron chi connectivity index (χ2n) is 8.74. The van der Waals surface area contributed by atoms with Gasteiger partial charge >= 0.3 is 0 Å². The molecule has 1 atom stereocenters. The van der Waals surface area contributed by atoms with Crippen LogP contribution in [-0.2, 0) is 10.0 Å². The normalized spacial score (nSPS) is 16.3. The second kappa shape index (κ2) is 9.95. The zero-order chi connectivity index (χ0) is 25.4. The minimum Gasteiger partial charge on any atom is -0.471 e. The van der Waals surface area contributed by atoms with Gasteiger partial charge < -0.3 is 4.74 Å². The average molecular weight is 547 g/mol. The summed E-state index contributed by atoms with van der Waals surface area (Å²) in [6.07, 6.45) is 6.60. The Morgan fingerprint density at radius 3 is 2.47 bits per heavy atom. The molecule has 0 saturated carbocycles. The monoisotopic (exact) mass is 546 g/mol. The largest absolute Gasteiger partial charge is 0.471 e. The lowest BCUT2D eigenvalue weighted by Crippen LogP contribution is -2.37. The van der Waals surface area contributed by atoms with Crippen LogP contribution in [0.1, 0.15) is 36.2 Å². The van der Waals surface area contributed by atoms with Crippen LogP contribution in [0, 0.1) is 0 Å². The van der Waals surface area contributed by atoms with Crippen molar-refractivity contribution in [2.75, 3.05) is 19.3 Å². The average Bonchev–Trinajstić information content (AvgIpc) is 3.27. The topological polar surface area (TPSA) is 127 Å². The molecular formula is C24H24Cl2N6O3S. The third-order valence-corrected chi connectivity index (χ3v) is 8.28. The lowest BCUT2D eigenvalue weighted by Gasteiger charge is -2.29. The highest BCUT2D eigenvalue weighted by molar-refractivity contribution is 7.88. The highest BCUT2D eigenvalue weighted by Crippen LogP contribution is 2.34. The van der Waals surface area contributed by atoms with E-state index in [1.165, 1.54) is 23.0 Å². The molecule has 3 N–H and O–H groups in total. The number of piperidine rings is 1. The molecule has 1 saturated heterocycles. The van der Waals surface area contributed by atoms with Gasteiger partial charge in [-0.25, -0.2) is 12.7 Å². The molecule has 12 heteroatoms. The Kier molecular flexibility index (Phi) is 6.88. The van der Waals surface area contributed by atoms with Crippen LogP contribution in [-0.4, -0.2) is 52.2 Å². The Bertz CT molecular complexity index is 1480. The Balaban J connectivity index is 1.35. The Labute approximate surface area is 218 Å². The highest BCUT2D eigenvalue weighted by Gasteiger charge is 2.26. The molecule has 9 nitrogen and oxygen atoms in total. The maximum Gasteiger partial charge on any atom is 0.211 e. The van der Waals surface area contributed by atoms with Gasteiger partial charge in [-0.1, -0.05) is 23.2 Å². The number of pyridine rings is 2. The van der Waals surface area contributed by atoms with Crippen molar-refractivity contribution in [3.05, 3.63) is 70.2 Å². The number of H-pyrrole nitrogens is 1. The van der Waals surface area contributed by atoms with E-state index in [1.54, 1.807) is 12.3 Å². The summed E-state index contributed by atoms with van der Waals surface area (Å²) in [4.78, 5) is 8.62. The van der Waals surface area contributed by atoms with Gasteiger partial charge in [0.25, 0.3) is 0 Å². The van der Waals surface area contributed by atoms with Crippen molar-refractivity contribution in [3.63, 3.8) is 0 Å². The number of hydrogen-bond donors (Lipinski definition) is 2. The number of fused-ring (bicyclic) bond motifs is 1. The molecule has 1 aromatic carbocycles. The molecular weight excluding hydrogens is 523 g/mol. The molecule has 36 heavy (non-hydrogen) atoms. The SMILES string of the molecule is CS(=O)(=O)N1CCC(c2ccc(-c3n[nH]c4ccc(O[C@H](N)c5c(Cl)cncc5Cl)cc34)cn2)CC1.